The Hall–Kier alpha value is -1.09. The summed E-state index contributed by atoms with van der Waals surface area (Å²) in [4.78, 5) is 15.2. The molecule has 0 saturated carbocycles. The molecule has 1 aromatic rings. The molecule has 1 aliphatic rings. The van der Waals surface area contributed by atoms with E-state index in [0.717, 1.165) is 11.5 Å². The zero-order valence-corrected chi connectivity index (χ0v) is 8.75. The van der Waals surface area contributed by atoms with E-state index in [1.807, 2.05) is 25.1 Å². The minimum Gasteiger partial charge on any atom is -0.271 e. The minimum atomic E-state index is 0.000862. The van der Waals surface area contributed by atoms with Crippen LogP contribution in [-0.2, 0) is 11.2 Å². The molecule has 0 aliphatic carbocycles. The molecular weight excluding hydrogens is 194 g/mol. The zero-order chi connectivity index (χ0) is 9.97. The first-order valence-corrected chi connectivity index (χ1v) is 5.45. The third kappa shape index (κ3) is 2.04. The molecule has 0 radical (unpaired) electrons. The molecule has 0 spiro atoms. The van der Waals surface area contributed by atoms with Gasteiger partial charge in [-0.2, -0.15) is 0 Å². The molecule has 2 rings (SSSR count). The van der Waals surface area contributed by atoms with Crippen molar-refractivity contribution in [3.05, 3.63) is 35.9 Å². The Morgan fingerprint density at radius 1 is 1.36 bits per heavy atom. The van der Waals surface area contributed by atoms with Gasteiger partial charge in [0.2, 0.25) is 0 Å². The third-order valence-corrected chi connectivity index (χ3v) is 3.16. The van der Waals surface area contributed by atoms with Gasteiger partial charge in [0, 0.05) is 6.42 Å². The van der Waals surface area contributed by atoms with Gasteiger partial charge in [0.1, 0.15) is 0 Å². The number of nitrogens with zero attached hydrogens (tertiary/aromatic N) is 1. The summed E-state index contributed by atoms with van der Waals surface area (Å²) in [6.45, 7) is 1.90. The molecule has 1 unspecified atom stereocenters. The average Bonchev–Trinajstić information content (AvgIpc) is 2.47. The van der Waals surface area contributed by atoms with Gasteiger partial charge in [0.05, 0.1) is 10.3 Å². The SMILES string of the molecule is CC1SC(Cc2ccccc2)=NC1=O. The number of hydrogen-bond donors (Lipinski definition) is 0. The van der Waals surface area contributed by atoms with E-state index in [0.29, 0.717) is 0 Å². The fourth-order valence-electron chi connectivity index (χ4n) is 1.35. The molecule has 3 heteroatoms. The summed E-state index contributed by atoms with van der Waals surface area (Å²) >= 11 is 1.57. The van der Waals surface area contributed by atoms with Crippen molar-refractivity contribution in [2.45, 2.75) is 18.6 Å². The molecule has 1 amide bonds. The van der Waals surface area contributed by atoms with E-state index >= 15 is 0 Å². The van der Waals surface area contributed by atoms with Crippen molar-refractivity contribution >= 4 is 22.7 Å². The average molecular weight is 205 g/mol. The van der Waals surface area contributed by atoms with Crippen molar-refractivity contribution in [1.82, 2.24) is 0 Å². The van der Waals surface area contributed by atoms with Gasteiger partial charge in [0.15, 0.2) is 0 Å². The van der Waals surface area contributed by atoms with E-state index in [-0.39, 0.29) is 11.2 Å². The first-order chi connectivity index (χ1) is 6.75. The van der Waals surface area contributed by atoms with Crippen LogP contribution in [-0.4, -0.2) is 16.2 Å². The fraction of sp³-hybridized carbons (Fsp3) is 0.273. The highest BCUT2D eigenvalue weighted by molar-refractivity contribution is 8.15. The van der Waals surface area contributed by atoms with E-state index in [2.05, 4.69) is 17.1 Å². The largest absolute Gasteiger partial charge is 0.271 e. The van der Waals surface area contributed by atoms with Crippen molar-refractivity contribution in [1.29, 1.82) is 0 Å². The maximum atomic E-state index is 11.2. The van der Waals surface area contributed by atoms with Crippen LogP contribution >= 0.6 is 11.8 Å². The van der Waals surface area contributed by atoms with E-state index in [1.54, 1.807) is 11.8 Å². The first-order valence-electron chi connectivity index (χ1n) is 4.57. The fourth-order valence-corrected chi connectivity index (χ4v) is 2.30. The molecule has 1 heterocycles. The van der Waals surface area contributed by atoms with Crippen LogP contribution in [0.2, 0.25) is 0 Å². The summed E-state index contributed by atoms with van der Waals surface area (Å²) in [5.74, 6) is 0.000862. The van der Waals surface area contributed by atoms with Gasteiger partial charge >= 0.3 is 0 Å². The Bertz CT molecular complexity index is 372. The van der Waals surface area contributed by atoms with Gasteiger partial charge in [-0.3, -0.25) is 4.79 Å². The smallest absolute Gasteiger partial charge is 0.259 e. The lowest BCUT2D eigenvalue weighted by molar-refractivity contribution is -0.116. The number of rotatable bonds is 2. The Labute approximate surface area is 87.4 Å². The van der Waals surface area contributed by atoms with Crippen LogP contribution in [0.15, 0.2) is 35.3 Å². The molecule has 1 aromatic carbocycles. The monoisotopic (exact) mass is 205 g/mol. The molecule has 0 bridgehead atoms. The number of benzene rings is 1. The van der Waals surface area contributed by atoms with E-state index in [1.165, 1.54) is 5.56 Å². The number of hydrogen-bond acceptors (Lipinski definition) is 2. The second kappa shape index (κ2) is 3.96. The Morgan fingerprint density at radius 2 is 2.07 bits per heavy atom. The summed E-state index contributed by atoms with van der Waals surface area (Å²) in [5.41, 5.74) is 1.21. The van der Waals surface area contributed by atoms with Crippen LogP contribution in [0.5, 0.6) is 0 Å². The molecule has 72 valence electrons. The zero-order valence-electron chi connectivity index (χ0n) is 7.93. The van der Waals surface area contributed by atoms with Gasteiger partial charge in [-0.25, -0.2) is 4.99 Å². The number of amides is 1. The van der Waals surface area contributed by atoms with Gasteiger partial charge in [0.25, 0.3) is 5.91 Å². The lowest BCUT2D eigenvalue weighted by Gasteiger charge is -1.99. The van der Waals surface area contributed by atoms with Crippen LogP contribution < -0.4 is 0 Å². The summed E-state index contributed by atoms with van der Waals surface area (Å²) < 4.78 is 0. The molecule has 1 atom stereocenters. The number of thioether (sulfide) groups is 1. The molecule has 0 aromatic heterocycles. The lowest BCUT2D eigenvalue weighted by atomic mass is 10.2. The van der Waals surface area contributed by atoms with Crippen molar-refractivity contribution in [2.75, 3.05) is 0 Å². The van der Waals surface area contributed by atoms with Gasteiger partial charge in [-0.05, 0) is 12.5 Å². The molecule has 0 saturated heterocycles. The standard InChI is InChI=1S/C11H11NOS/c1-8-11(13)12-10(14-8)7-9-5-3-2-4-6-9/h2-6,8H,7H2,1H3. The van der Waals surface area contributed by atoms with Gasteiger partial charge in [-0.15, -0.1) is 0 Å². The number of aliphatic imine (C=N–C) groups is 1. The van der Waals surface area contributed by atoms with Crippen LogP contribution in [0.4, 0.5) is 0 Å². The van der Waals surface area contributed by atoms with Crippen molar-refractivity contribution in [3.63, 3.8) is 0 Å². The highest BCUT2D eigenvalue weighted by Gasteiger charge is 2.23. The summed E-state index contributed by atoms with van der Waals surface area (Å²) in [7, 11) is 0. The highest BCUT2D eigenvalue weighted by Crippen LogP contribution is 2.23. The third-order valence-electron chi connectivity index (χ3n) is 2.09. The normalized spacial score (nSPS) is 21.1. The summed E-state index contributed by atoms with van der Waals surface area (Å²) in [5, 5.41) is 0.947. The molecule has 0 fully saturated rings. The van der Waals surface area contributed by atoms with Gasteiger partial charge < -0.3 is 0 Å². The Morgan fingerprint density at radius 3 is 2.64 bits per heavy atom. The number of carbonyl (C=O) groups is 1. The summed E-state index contributed by atoms with van der Waals surface area (Å²) in [6, 6.07) is 10.1. The predicted octanol–water partition coefficient (Wildman–Crippen LogP) is 2.29. The van der Waals surface area contributed by atoms with E-state index in [4.69, 9.17) is 0 Å². The molecule has 1 aliphatic heterocycles. The topological polar surface area (TPSA) is 29.4 Å². The van der Waals surface area contributed by atoms with Crippen molar-refractivity contribution in [2.24, 2.45) is 4.99 Å². The van der Waals surface area contributed by atoms with Crippen LogP contribution in [0.25, 0.3) is 0 Å². The maximum absolute atomic E-state index is 11.2. The van der Waals surface area contributed by atoms with Crippen molar-refractivity contribution < 1.29 is 4.79 Å². The van der Waals surface area contributed by atoms with Crippen LogP contribution in [0, 0.1) is 0 Å². The quantitative estimate of drug-likeness (QED) is 0.741. The molecular formula is C11H11NOS. The Balaban J connectivity index is 2.07. The lowest BCUT2D eigenvalue weighted by Crippen LogP contribution is -2.03. The van der Waals surface area contributed by atoms with Crippen molar-refractivity contribution in [3.8, 4) is 0 Å². The molecule has 14 heavy (non-hydrogen) atoms. The van der Waals surface area contributed by atoms with Crippen LogP contribution in [0.3, 0.4) is 0 Å². The second-order valence-corrected chi connectivity index (χ2v) is 4.68. The van der Waals surface area contributed by atoms with E-state index in [9.17, 15) is 4.79 Å². The first kappa shape index (κ1) is 9.46. The molecule has 0 N–H and O–H groups in total. The minimum absolute atomic E-state index is 0.000862. The van der Waals surface area contributed by atoms with E-state index < -0.39 is 0 Å². The second-order valence-electron chi connectivity index (χ2n) is 3.27. The Kier molecular flexibility index (Phi) is 2.68. The predicted molar refractivity (Wildman–Crippen MR) is 59.6 cm³/mol. The number of carbonyl (C=O) groups excluding carboxylic acids is 1. The van der Waals surface area contributed by atoms with Crippen LogP contribution in [0.1, 0.15) is 12.5 Å². The molecule has 2 nitrogen and oxygen atoms in total. The maximum Gasteiger partial charge on any atom is 0.259 e. The highest BCUT2D eigenvalue weighted by atomic mass is 32.2. The van der Waals surface area contributed by atoms with Gasteiger partial charge in [-0.1, -0.05) is 42.1 Å². The summed E-state index contributed by atoms with van der Waals surface area (Å²) in [6.07, 6.45) is 0.779.